The Morgan fingerprint density at radius 3 is 2.46 bits per heavy atom. The topological polar surface area (TPSA) is 65.3 Å². The Morgan fingerprint density at radius 2 is 1.92 bits per heavy atom. The van der Waals surface area contributed by atoms with Crippen LogP contribution in [0.25, 0.3) is 5.52 Å². The van der Waals surface area contributed by atoms with Crippen LogP contribution in [0.2, 0.25) is 0 Å². The number of carboxylic acid groups (broad SMARTS) is 1. The van der Waals surface area contributed by atoms with E-state index in [4.69, 9.17) is 0 Å². The minimum atomic E-state index is -1.31. The lowest BCUT2D eigenvalue weighted by Crippen LogP contribution is -2.45. The Kier molecular flexibility index (Phi) is 6.31. The molecule has 3 heterocycles. The Balaban J connectivity index is 0.00000243. The summed E-state index contributed by atoms with van der Waals surface area (Å²) >= 11 is 3.47. The van der Waals surface area contributed by atoms with E-state index in [0.717, 1.165) is 23.7 Å². The van der Waals surface area contributed by atoms with Crippen LogP contribution in [0.5, 0.6) is 0 Å². The smallest absolute Gasteiger partial charge is 0.341 e. The maximum absolute atomic E-state index is 14.8. The van der Waals surface area contributed by atoms with Crippen molar-refractivity contribution in [3.8, 4) is 0 Å². The van der Waals surface area contributed by atoms with Gasteiger partial charge < -0.3 is 14.9 Å². The molecular formula is C17H20BrClFN3O3. The van der Waals surface area contributed by atoms with Gasteiger partial charge in [0.15, 0.2) is 5.82 Å². The van der Waals surface area contributed by atoms with Crippen LogP contribution in [0.4, 0.5) is 10.1 Å². The van der Waals surface area contributed by atoms with E-state index >= 15 is 0 Å². The second kappa shape index (κ2) is 7.94. The third-order valence-electron chi connectivity index (χ3n) is 4.63. The van der Waals surface area contributed by atoms with Gasteiger partial charge in [0, 0.05) is 26.2 Å². The first-order valence-electron chi connectivity index (χ1n) is 8.08. The zero-order valence-corrected chi connectivity index (χ0v) is 16.9. The second-order valence-corrected chi connectivity index (χ2v) is 6.99. The second-order valence-electron chi connectivity index (χ2n) is 6.20. The first-order valence-corrected chi connectivity index (χ1v) is 8.87. The van der Waals surface area contributed by atoms with Crippen LogP contribution < -0.4 is 10.5 Å². The summed E-state index contributed by atoms with van der Waals surface area (Å²) < 4.78 is 16.4. The van der Waals surface area contributed by atoms with Crippen LogP contribution >= 0.6 is 28.3 Å². The molecule has 1 aliphatic rings. The van der Waals surface area contributed by atoms with Gasteiger partial charge in [-0.3, -0.25) is 9.20 Å². The third-order valence-corrected chi connectivity index (χ3v) is 5.38. The van der Waals surface area contributed by atoms with Crippen molar-refractivity contribution in [1.82, 2.24) is 9.30 Å². The molecule has 1 fully saturated rings. The predicted octanol–water partition coefficient (Wildman–Crippen LogP) is 2.64. The highest BCUT2D eigenvalue weighted by Gasteiger charge is 2.24. The molecule has 0 spiro atoms. The molecule has 1 aliphatic heterocycles. The normalized spacial score (nSPS) is 15.2. The molecule has 1 saturated heterocycles. The van der Waals surface area contributed by atoms with Gasteiger partial charge in [0.2, 0.25) is 0 Å². The number of carboxylic acids is 1. The summed E-state index contributed by atoms with van der Waals surface area (Å²) in [6, 6.07) is 1.39. The number of pyridine rings is 2. The fourth-order valence-corrected chi connectivity index (χ4v) is 4.08. The van der Waals surface area contributed by atoms with Gasteiger partial charge in [-0.25, -0.2) is 9.18 Å². The average molecular weight is 449 g/mol. The quantitative estimate of drug-likeness (QED) is 0.782. The van der Waals surface area contributed by atoms with E-state index in [1.54, 1.807) is 0 Å². The van der Waals surface area contributed by atoms with Gasteiger partial charge in [0.1, 0.15) is 5.56 Å². The van der Waals surface area contributed by atoms with Crippen molar-refractivity contribution in [3.63, 3.8) is 0 Å². The molecular weight excluding hydrogens is 429 g/mol. The molecule has 0 aliphatic carbocycles. The average Bonchev–Trinajstić information content (AvgIpc) is 2.57. The van der Waals surface area contributed by atoms with E-state index in [0.29, 0.717) is 40.8 Å². The molecule has 0 bridgehead atoms. The molecule has 0 saturated carbocycles. The number of anilines is 1. The first-order chi connectivity index (χ1) is 11.8. The number of hydrogen-bond acceptors (Lipinski definition) is 4. The van der Waals surface area contributed by atoms with Crippen LogP contribution in [0.1, 0.15) is 22.8 Å². The van der Waals surface area contributed by atoms with Gasteiger partial charge in [-0.05, 0) is 41.0 Å². The number of halogens is 3. The zero-order valence-electron chi connectivity index (χ0n) is 14.5. The number of aryl methyl sites for hydroxylation is 1. The fraction of sp³-hybridized carbons (Fsp3) is 0.412. The van der Waals surface area contributed by atoms with E-state index in [-0.39, 0.29) is 18.0 Å². The summed E-state index contributed by atoms with van der Waals surface area (Å²) in [6.45, 7) is 4.88. The van der Waals surface area contributed by atoms with Gasteiger partial charge in [-0.1, -0.05) is 6.92 Å². The number of carbonyl (C=O) groups is 1. The van der Waals surface area contributed by atoms with Crippen molar-refractivity contribution >= 4 is 45.5 Å². The molecule has 2 aromatic rings. The van der Waals surface area contributed by atoms with Crippen molar-refractivity contribution in [1.29, 1.82) is 0 Å². The van der Waals surface area contributed by atoms with Crippen molar-refractivity contribution in [2.24, 2.45) is 0 Å². The van der Waals surface area contributed by atoms with Gasteiger partial charge in [-0.15, -0.1) is 12.4 Å². The number of rotatable bonds is 3. The highest BCUT2D eigenvalue weighted by molar-refractivity contribution is 9.10. The monoisotopic (exact) mass is 447 g/mol. The minimum Gasteiger partial charge on any atom is -0.477 e. The van der Waals surface area contributed by atoms with Crippen molar-refractivity contribution < 1.29 is 14.3 Å². The Hall–Kier alpha value is -1.64. The number of likely N-dealkylation sites (N-methyl/N-ethyl adjacent to an activating group) is 1. The Labute approximate surface area is 164 Å². The van der Waals surface area contributed by atoms with Crippen molar-refractivity contribution in [2.45, 2.75) is 13.3 Å². The first kappa shape index (κ1) is 20.7. The Bertz CT molecular complexity index is 910. The largest absolute Gasteiger partial charge is 0.477 e. The molecule has 1 N–H and O–H groups in total. The molecule has 9 heteroatoms. The number of aromatic nitrogens is 1. The maximum atomic E-state index is 14.8. The van der Waals surface area contributed by atoms with E-state index in [1.807, 2.05) is 18.9 Å². The van der Waals surface area contributed by atoms with Gasteiger partial charge >= 0.3 is 5.97 Å². The van der Waals surface area contributed by atoms with Crippen LogP contribution in [-0.2, 0) is 6.42 Å². The SMILES string of the molecule is CCc1cc(C(=O)O)c(=O)n2cc(F)c(N3CCN(C)CC3)c(Br)c12.Cl. The molecule has 3 rings (SSSR count). The molecule has 0 atom stereocenters. The van der Waals surface area contributed by atoms with E-state index in [2.05, 4.69) is 20.8 Å². The van der Waals surface area contributed by atoms with Crippen LogP contribution in [0.3, 0.4) is 0 Å². The zero-order chi connectivity index (χ0) is 18.3. The molecule has 2 aromatic heterocycles. The summed E-state index contributed by atoms with van der Waals surface area (Å²) in [6.07, 6.45) is 1.62. The maximum Gasteiger partial charge on any atom is 0.341 e. The predicted molar refractivity (Wildman–Crippen MR) is 105 cm³/mol. The summed E-state index contributed by atoms with van der Waals surface area (Å²) in [5, 5.41) is 9.24. The highest BCUT2D eigenvalue weighted by atomic mass is 79.9. The number of fused-ring (bicyclic) bond motifs is 1. The lowest BCUT2D eigenvalue weighted by molar-refractivity contribution is 0.0694. The lowest BCUT2D eigenvalue weighted by atomic mass is 10.1. The molecule has 6 nitrogen and oxygen atoms in total. The number of nitrogens with zero attached hydrogens (tertiary/aromatic N) is 3. The Morgan fingerprint density at radius 1 is 1.31 bits per heavy atom. The van der Waals surface area contributed by atoms with E-state index < -0.39 is 17.3 Å². The summed E-state index contributed by atoms with van der Waals surface area (Å²) in [4.78, 5) is 27.9. The minimum absolute atomic E-state index is 0. The van der Waals surface area contributed by atoms with Crippen LogP contribution in [-0.4, -0.2) is 53.6 Å². The summed E-state index contributed by atoms with van der Waals surface area (Å²) in [7, 11) is 2.02. The molecule has 0 radical (unpaired) electrons. The molecule has 26 heavy (non-hydrogen) atoms. The van der Waals surface area contributed by atoms with Crippen LogP contribution in [0.15, 0.2) is 21.5 Å². The standard InChI is InChI=1S/C17H19BrFN3O3.ClH/c1-3-10-8-11(17(24)25)16(23)22-9-12(19)15(13(18)14(10)22)21-6-4-20(2)5-7-21;/h8-9H,3-7H2,1-2H3,(H,24,25);1H. The summed E-state index contributed by atoms with van der Waals surface area (Å²) in [5.74, 6) is -1.86. The van der Waals surface area contributed by atoms with Crippen LogP contribution in [0, 0.1) is 5.82 Å². The summed E-state index contributed by atoms with van der Waals surface area (Å²) in [5.41, 5.74) is 0.537. The van der Waals surface area contributed by atoms with E-state index in [1.165, 1.54) is 6.07 Å². The molecule has 142 valence electrons. The third kappa shape index (κ3) is 3.45. The molecule has 0 unspecified atom stereocenters. The van der Waals surface area contributed by atoms with E-state index in [9.17, 15) is 19.1 Å². The molecule has 0 amide bonds. The van der Waals surface area contributed by atoms with Gasteiger partial charge in [-0.2, -0.15) is 0 Å². The number of piperazine rings is 1. The number of aromatic carboxylic acids is 1. The number of hydrogen-bond donors (Lipinski definition) is 1. The van der Waals surface area contributed by atoms with Crippen molar-refractivity contribution in [2.75, 3.05) is 38.1 Å². The highest BCUT2D eigenvalue weighted by Crippen LogP contribution is 2.35. The van der Waals surface area contributed by atoms with Gasteiger partial charge in [0.25, 0.3) is 5.56 Å². The van der Waals surface area contributed by atoms with Gasteiger partial charge in [0.05, 0.1) is 21.9 Å². The fourth-order valence-electron chi connectivity index (χ4n) is 3.19. The molecule has 0 aromatic carbocycles. The lowest BCUT2D eigenvalue weighted by Gasteiger charge is -2.35. The van der Waals surface area contributed by atoms with Crippen molar-refractivity contribution in [3.05, 3.63) is 44.0 Å².